The Bertz CT molecular complexity index is 464. The van der Waals surface area contributed by atoms with E-state index in [-0.39, 0.29) is 5.91 Å². The lowest BCUT2D eigenvalue weighted by Crippen LogP contribution is -2.36. The van der Waals surface area contributed by atoms with Crippen LogP contribution < -0.4 is 10.2 Å². The molecule has 0 radical (unpaired) electrons. The maximum Gasteiger partial charge on any atom is 0.241 e. The minimum absolute atomic E-state index is 0.0779. The molecule has 1 aromatic heterocycles. The molecule has 20 heavy (non-hydrogen) atoms. The van der Waals surface area contributed by atoms with E-state index in [4.69, 9.17) is 0 Å². The number of carbonyl (C=O) groups is 1. The van der Waals surface area contributed by atoms with Crippen LogP contribution in [-0.2, 0) is 18.4 Å². The van der Waals surface area contributed by atoms with Crippen molar-refractivity contribution in [3.8, 4) is 0 Å². The molecule has 0 aliphatic carbocycles. The van der Waals surface area contributed by atoms with Crippen LogP contribution in [0, 0.1) is 6.92 Å². The summed E-state index contributed by atoms with van der Waals surface area (Å²) in [5.74, 6) is 1.07. The molecule has 6 nitrogen and oxygen atoms in total. The van der Waals surface area contributed by atoms with E-state index in [1.807, 2.05) is 30.6 Å². The summed E-state index contributed by atoms with van der Waals surface area (Å²) >= 11 is 0. The van der Waals surface area contributed by atoms with Crippen LogP contribution in [-0.4, -0.2) is 54.3 Å². The highest BCUT2D eigenvalue weighted by Crippen LogP contribution is 2.22. The molecule has 0 fully saturated rings. The van der Waals surface area contributed by atoms with Gasteiger partial charge in [0.25, 0.3) is 0 Å². The van der Waals surface area contributed by atoms with Crippen molar-refractivity contribution in [2.75, 3.05) is 32.6 Å². The van der Waals surface area contributed by atoms with Crippen LogP contribution in [0.1, 0.15) is 25.1 Å². The van der Waals surface area contributed by atoms with Gasteiger partial charge in [-0.15, -0.1) is 0 Å². The Labute approximate surface area is 121 Å². The molecule has 0 bridgehead atoms. The number of anilines is 1. The smallest absolute Gasteiger partial charge is 0.241 e. The van der Waals surface area contributed by atoms with Gasteiger partial charge >= 0.3 is 0 Å². The van der Waals surface area contributed by atoms with Crippen molar-refractivity contribution in [2.24, 2.45) is 7.05 Å². The molecule has 1 heterocycles. The number of likely N-dealkylation sites (N-methyl/N-ethyl adjacent to an activating group) is 2. The average molecular weight is 281 g/mol. The quantitative estimate of drug-likeness (QED) is 0.836. The first-order valence-electron chi connectivity index (χ1n) is 6.91. The molecule has 0 aromatic carbocycles. The average Bonchev–Trinajstić information content (AvgIpc) is 2.60. The van der Waals surface area contributed by atoms with E-state index >= 15 is 0 Å². The van der Waals surface area contributed by atoms with Crippen LogP contribution in [0.15, 0.2) is 0 Å². The summed E-state index contributed by atoms with van der Waals surface area (Å²) in [6, 6.07) is 0.413. The van der Waals surface area contributed by atoms with Crippen LogP contribution in [0.25, 0.3) is 0 Å². The Balaban J connectivity index is 2.95. The number of hydrogen-bond donors (Lipinski definition) is 1. The molecule has 1 aromatic rings. The van der Waals surface area contributed by atoms with Crippen molar-refractivity contribution >= 4 is 11.7 Å². The Morgan fingerprint density at radius 1 is 1.35 bits per heavy atom. The minimum Gasteiger partial charge on any atom is -0.350 e. The van der Waals surface area contributed by atoms with Crippen molar-refractivity contribution in [1.82, 2.24) is 20.0 Å². The maximum atomic E-state index is 11.9. The van der Waals surface area contributed by atoms with Crippen LogP contribution in [0.4, 0.5) is 5.82 Å². The van der Waals surface area contributed by atoms with Gasteiger partial charge in [-0.25, -0.2) is 0 Å². The van der Waals surface area contributed by atoms with Crippen LogP contribution >= 0.6 is 0 Å². The van der Waals surface area contributed by atoms with Crippen molar-refractivity contribution in [1.29, 1.82) is 0 Å². The second-order valence-corrected chi connectivity index (χ2v) is 5.69. The largest absolute Gasteiger partial charge is 0.350 e. The molecule has 0 aliphatic heterocycles. The molecular formula is C14H27N5O. The zero-order chi connectivity index (χ0) is 15.4. The first kappa shape index (κ1) is 16.5. The maximum absolute atomic E-state index is 11.9. The summed E-state index contributed by atoms with van der Waals surface area (Å²) in [5, 5.41) is 7.88. The van der Waals surface area contributed by atoms with Crippen molar-refractivity contribution in [2.45, 2.75) is 33.4 Å². The summed E-state index contributed by atoms with van der Waals surface area (Å²) in [6.45, 7) is 7.34. The number of rotatable bonds is 6. The fourth-order valence-electron chi connectivity index (χ4n) is 2.10. The summed E-state index contributed by atoms with van der Waals surface area (Å²) in [6.07, 6.45) is 0. The highest BCUT2D eigenvalue weighted by Gasteiger charge is 2.19. The van der Waals surface area contributed by atoms with Gasteiger partial charge in [0, 0.05) is 46.3 Å². The molecule has 114 valence electrons. The number of aromatic nitrogens is 2. The second kappa shape index (κ2) is 6.74. The highest BCUT2D eigenvalue weighted by atomic mass is 16.2. The van der Waals surface area contributed by atoms with E-state index in [0.29, 0.717) is 12.6 Å². The van der Waals surface area contributed by atoms with E-state index in [1.54, 1.807) is 19.0 Å². The molecule has 1 amide bonds. The third-order valence-corrected chi connectivity index (χ3v) is 3.23. The van der Waals surface area contributed by atoms with Crippen molar-refractivity contribution < 1.29 is 4.79 Å². The second-order valence-electron chi connectivity index (χ2n) is 5.69. The monoisotopic (exact) mass is 281 g/mol. The fourth-order valence-corrected chi connectivity index (χ4v) is 2.10. The summed E-state index contributed by atoms with van der Waals surface area (Å²) in [7, 11) is 7.38. The molecule has 0 saturated carbocycles. The van der Waals surface area contributed by atoms with E-state index < -0.39 is 0 Å². The normalized spacial score (nSPS) is 11.0. The van der Waals surface area contributed by atoms with Gasteiger partial charge in [0.15, 0.2) is 0 Å². The molecular weight excluding hydrogens is 254 g/mol. The van der Waals surface area contributed by atoms with Gasteiger partial charge in [-0.05, 0) is 6.92 Å². The zero-order valence-corrected chi connectivity index (χ0v) is 13.7. The first-order valence-corrected chi connectivity index (χ1v) is 6.91. The number of carbonyl (C=O) groups excluding carboxylic acids is 1. The van der Waals surface area contributed by atoms with Gasteiger partial charge in [0.2, 0.25) is 5.91 Å². The van der Waals surface area contributed by atoms with Crippen LogP contribution in [0.2, 0.25) is 0 Å². The Kier molecular flexibility index (Phi) is 5.56. The number of nitrogens with one attached hydrogen (secondary N) is 1. The van der Waals surface area contributed by atoms with E-state index in [0.717, 1.165) is 23.6 Å². The Morgan fingerprint density at radius 3 is 2.45 bits per heavy atom. The van der Waals surface area contributed by atoms with Crippen molar-refractivity contribution in [3.63, 3.8) is 0 Å². The summed E-state index contributed by atoms with van der Waals surface area (Å²) in [5.41, 5.74) is 2.15. The third kappa shape index (κ3) is 3.96. The molecule has 0 aliphatic rings. The van der Waals surface area contributed by atoms with Gasteiger partial charge < -0.3 is 15.1 Å². The Hall–Kier alpha value is -1.56. The predicted octanol–water partition coefficient (Wildman–Crippen LogP) is 0.751. The third-order valence-electron chi connectivity index (χ3n) is 3.23. The molecule has 6 heteroatoms. The fraction of sp³-hybridized carbons (Fsp3) is 0.714. The number of aryl methyl sites for hydroxylation is 2. The molecule has 1 rings (SSSR count). The lowest BCUT2D eigenvalue weighted by atomic mass is 10.2. The predicted molar refractivity (Wildman–Crippen MR) is 81.9 cm³/mol. The summed E-state index contributed by atoms with van der Waals surface area (Å²) < 4.78 is 1.84. The topological polar surface area (TPSA) is 53.4 Å². The molecule has 0 atom stereocenters. The van der Waals surface area contributed by atoms with E-state index in [1.165, 1.54) is 0 Å². The van der Waals surface area contributed by atoms with Gasteiger partial charge in [-0.2, -0.15) is 5.10 Å². The van der Waals surface area contributed by atoms with Gasteiger partial charge in [0.1, 0.15) is 5.82 Å². The molecule has 1 N–H and O–H groups in total. The van der Waals surface area contributed by atoms with Gasteiger partial charge in [-0.1, -0.05) is 13.8 Å². The van der Waals surface area contributed by atoms with Crippen LogP contribution in [0.3, 0.4) is 0 Å². The number of amides is 1. The number of nitrogens with zero attached hydrogens (tertiary/aromatic N) is 4. The summed E-state index contributed by atoms with van der Waals surface area (Å²) in [4.78, 5) is 15.4. The molecule has 0 saturated heterocycles. The lowest BCUT2D eigenvalue weighted by molar-refractivity contribution is -0.127. The lowest BCUT2D eigenvalue weighted by Gasteiger charge is -2.22. The minimum atomic E-state index is 0.0779. The van der Waals surface area contributed by atoms with Gasteiger partial charge in [0.05, 0.1) is 12.2 Å². The molecule has 0 unspecified atom stereocenters. The van der Waals surface area contributed by atoms with Crippen LogP contribution in [0.5, 0.6) is 0 Å². The number of hydrogen-bond acceptors (Lipinski definition) is 4. The Morgan fingerprint density at radius 2 is 1.95 bits per heavy atom. The van der Waals surface area contributed by atoms with Gasteiger partial charge in [-0.3, -0.25) is 9.48 Å². The SMILES string of the molecule is Cc1nn(C)c(N(C)CC(=O)N(C)C)c1CNC(C)C. The highest BCUT2D eigenvalue weighted by molar-refractivity contribution is 5.80. The molecule has 0 spiro atoms. The van der Waals surface area contributed by atoms with E-state index in [2.05, 4.69) is 24.3 Å². The first-order chi connectivity index (χ1) is 9.23. The zero-order valence-electron chi connectivity index (χ0n) is 13.7. The van der Waals surface area contributed by atoms with E-state index in [9.17, 15) is 4.79 Å². The van der Waals surface area contributed by atoms with Crippen molar-refractivity contribution in [3.05, 3.63) is 11.3 Å². The standard InChI is InChI=1S/C14H27N5O/c1-10(2)15-8-12-11(3)16-19(7)14(12)18(6)9-13(20)17(4)5/h10,15H,8-9H2,1-7H3.